The molecule has 4 aromatic rings. The first-order valence-electron chi connectivity index (χ1n) is 12.1. The number of halogens is 1. The van der Waals surface area contributed by atoms with E-state index in [1.54, 1.807) is 43.5 Å². The maximum atomic E-state index is 13.6. The van der Waals surface area contributed by atoms with Gasteiger partial charge in [0.2, 0.25) is 5.91 Å². The Bertz CT molecular complexity index is 1730. The molecule has 3 aromatic heterocycles. The molecule has 11 nitrogen and oxygen atoms in total. The molecule has 0 spiro atoms. The lowest BCUT2D eigenvalue weighted by Crippen LogP contribution is -2.40. The first kappa shape index (κ1) is 25.7. The van der Waals surface area contributed by atoms with E-state index in [0.717, 1.165) is 5.22 Å². The molecule has 0 saturated heterocycles. The van der Waals surface area contributed by atoms with Crippen LogP contribution in [-0.2, 0) is 11.3 Å². The number of carbonyl (C=O) groups excluding carboxylic acids is 2. The number of aromatic nitrogens is 4. The molecule has 0 bridgehead atoms. The highest BCUT2D eigenvalue weighted by atomic mass is 19.1. The van der Waals surface area contributed by atoms with Crippen LogP contribution in [0, 0.1) is 5.82 Å². The largest absolute Gasteiger partial charge is 0.357 e. The van der Waals surface area contributed by atoms with Crippen LogP contribution >= 0.6 is 0 Å². The Labute approximate surface area is 221 Å². The van der Waals surface area contributed by atoms with E-state index in [2.05, 4.69) is 25.8 Å². The number of fused-ring (bicyclic) bond motifs is 1. The van der Waals surface area contributed by atoms with E-state index < -0.39 is 23.3 Å². The summed E-state index contributed by atoms with van der Waals surface area (Å²) in [4.78, 5) is 49.3. The van der Waals surface area contributed by atoms with Crippen molar-refractivity contribution in [1.29, 1.82) is 0 Å². The van der Waals surface area contributed by atoms with Crippen LogP contribution in [0.15, 0.2) is 64.4 Å². The van der Waals surface area contributed by atoms with Gasteiger partial charge in [0.05, 0.1) is 30.2 Å². The molecule has 0 aliphatic carbocycles. The zero-order valence-corrected chi connectivity index (χ0v) is 21.1. The lowest BCUT2D eigenvalue weighted by Gasteiger charge is -2.24. The standard InChI is InChI=1S/C27H24FN7O4/c1-16(29-2)26(37)33-25-27(38)35(23(13-31-25)34-8-7-22-20(15-34)12-32-39-22)14-17-9-19(11-30-10-17)24(36)18-3-5-21(28)6-4-18/h3-7,9-13,15-16,29H,8,14H2,1-2H3,(H,31,33,37)/t16-/m0/s1. The number of ketones is 1. The van der Waals surface area contributed by atoms with Crippen LogP contribution in [0.1, 0.15) is 28.4 Å². The van der Waals surface area contributed by atoms with E-state index in [9.17, 15) is 18.8 Å². The molecule has 5 rings (SSSR count). The Morgan fingerprint density at radius 3 is 2.69 bits per heavy atom. The molecule has 0 unspecified atom stereocenters. The summed E-state index contributed by atoms with van der Waals surface area (Å²) in [5.74, 6) is -0.885. The number of carbonyl (C=O) groups is 2. The van der Waals surface area contributed by atoms with Crippen molar-refractivity contribution in [2.24, 2.45) is 0 Å². The minimum absolute atomic E-state index is 0.0273. The molecule has 1 atom stereocenters. The summed E-state index contributed by atoms with van der Waals surface area (Å²) in [5, 5.41) is 9.93. The highest BCUT2D eigenvalue weighted by Crippen LogP contribution is 2.18. The predicted octanol–water partition coefficient (Wildman–Crippen LogP) is 0.630. The van der Waals surface area contributed by atoms with Crippen LogP contribution in [0.3, 0.4) is 0 Å². The van der Waals surface area contributed by atoms with Gasteiger partial charge >= 0.3 is 0 Å². The first-order valence-corrected chi connectivity index (χ1v) is 12.1. The molecular formula is C27H24FN7O4. The Balaban J connectivity index is 1.53. The number of rotatable bonds is 8. The van der Waals surface area contributed by atoms with Gasteiger partial charge in [-0.2, -0.15) is 0 Å². The Morgan fingerprint density at radius 1 is 1.13 bits per heavy atom. The van der Waals surface area contributed by atoms with Crippen LogP contribution in [0.4, 0.5) is 16.0 Å². The summed E-state index contributed by atoms with van der Waals surface area (Å²) >= 11 is 0. The Kier molecular flexibility index (Phi) is 7.10. The first-order chi connectivity index (χ1) is 18.8. The molecule has 4 heterocycles. The minimum Gasteiger partial charge on any atom is -0.357 e. The molecule has 1 amide bonds. The predicted molar refractivity (Wildman–Crippen MR) is 141 cm³/mol. The van der Waals surface area contributed by atoms with Gasteiger partial charge in [-0.15, -0.1) is 0 Å². The molecule has 198 valence electrons. The van der Waals surface area contributed by atoms with Crippen LogP contribution < -0.4 is 31.7 Å². The fraction of sp³-hybridized carbons (Fsp3) is 0.185. The van der Waals surface area contributed by atoms with Gasteiger partial charge in [-0.05, 0) is 55.9 Å². The average Bonchev–Trinajstić information content (AvgIpc) is 3.43. The highest BCUT2D eigenvalue weighted by Gasteiger charge is 2.20. The molecule has 39 heavy (non-hydrogen) atoms. The summed E-state index contributed by atoms with van der Waals surface area (Å²) < 4.78 is 20.0. The fourth-order valence-electron chi connectivity index (χ4n) is 4.02. The van der Waals surface area contributed by atoms with Crippen LogP contribution in [-0.4, -0.2) is 51.0 Å². The lowest BCUT2D eigenvalue weighted by molar-refractivity contribution is -0.117. The monoisotopic (exact) mass is 529 g/mol. The topological polar surface area (TPSA) is 135 Å². The van der Waals surface area contributed by atoms with Crippen molar-refractivity contribution >= 4 is 35.6 Å². The van der Waals surface area contributed by atoms with Crippen molar-refractivity contribution in [2.75, 3.05) is 23.8 Å². The van der Waals surface area contributed by atoms with Crippen molar-refractivity contribution in [3.05, 3.63) is 98.6 Å². The van der Waals surface area contributed by atoms with E-state index in [0.29, 0.717) is 28.9 Å². The third-order valence-corrected chi connectivity index (χ3v) is 6.30. The van der Waals surface area contributed by atoms with E-state index in [4.69, 9.17) is 4.52 Å². The van der Waals surface area contributed by atoms with E-state index in [1.165, 1.54) is 41.2 Å². The normalized spacial score (nSPS) is 13.2. The number of likely N-dealkylation sites (N-methyl/N-ethyl adjacent to an activating group) is 1. The number of hydrogen-bond donors (Lipinski definition) is 2. The second kappa shape index (κ2) is 10.8. The third-order valence-electron chi connectivity index (χ3n) is 6.30. The summed E-state index contributed by atoms with van der Waals surface area (Å²) in [7, 11) is 1.63. The number of nitrogens with zero attached hydrogens (tertiary/aromatic N) is 5. The van der Waals surface area contributed by atoms with Gasteiger partial charge in [0.1, 0.15) is 11.6 Å². The van der Waals surface area contributed by atoms with Gasteiger partial charge in [-0.3, -0.25) is 23.9 Å². The van der Waals surface area contributed by atoms with Gasteiger partial charge < -0.3 is 20.1 Å². The Morgan fingerprint density at radius 2 is 1.92 bits per heavy atom. The Hall–Kier alpha value is -4.97. The zero-order chi connectivity index (χ0) is 27.5. The van der Waals surface area contributed by atoms with E-state index >= 15 is 0 Å². The molecule has 0 radical (unpaired) electrons. The van der Waals surface area contributed by atoms with Gasteiger partial charge in [0.25, 0.3) is 5.56 Å². The molecule has 1 aliphatic heterocycles. The molecule has 12 heteroatoms. The second-order valence-corrected chi connectivity index (χ2v) is 8.90. The maximum Gasteiger partial charge on any atom is 0.295 e. The molecule has 1 aliphatic rings. The van der Waals surface area contributed by atoms with Crippen LogP contribution in [0.2, 0.25) is 0 Å². The fourth-order valence-corrected chi connectivity index (χ4v) is 4.02. The summed E-state index contributed by atoms with van der Waals surface area (Å²) in [6.45, 7) is 2.07. The molecular weight excluding hydrogens is 505 g/mol. The van der Waals surface area contributed by atoms with Crippen molar-refractivity contribution in [3.8, 4) is 0 Å². The molecule has 2 N–H and O–H groups in total. The van der Waals surface area contributed by atoms with Gasteiger partial charge in [0, 0.05) is 36.3 Å². The number of hydrogen-bond acceptors (Lipinski definition) is 9. The molecule has 1 aromatic carbocycles. The van der Waals surface area contributed by atoms with Crippen molar-refractivity contribution in [2.45, 2.75) is 19.5 Å². The minimum atomic E-state index is -0.547. The van der Waals surface area contributed by atoms with E-state index in [-0.39, 0.29) is 23.7 Å². The van der Waals surface area contributed by atoms with Crippen LogP contribution in [0.25, 0.3) is 12.3 Å². The summed E-state index contributed by atoms with van der Waals surface area (Å²) in [5.41, 5.74) is 1.23. The summed E-state index contributed by atoms with van der Waals surface area (Å²) in [6, 6.07) is 6.31. The highest BCUT2D eigenvalue weighted by molar-refractivity contribution is 6.08. The van der Waals surface area contributed by atoms with Crippen LogP contribution in [0.5, 0.6) is 0 Å². The van der Waals surface area contributed by atoms with E-state index in [1.807, 2.05) is 6.08 Å². The molecule has 0 saturated carbocycles. The number of nitrogens with one attached hydrogen (secondary N) is 2. The lowest BCUT2D eigenvalue weighted by atomic mass is 10.0. The number of pyridine rings is 1. The van der Waals surface area contributed by atoms with Crippen molar-refractivity contribution < 1.29 is 18.5 Å². The third kappa shape index (κ3) is 5.36. The van der Waals surface area contributed by atoms with Gasteiger partial charge in [-0.1, -0.05) is 5.16 Å². The number of anilines is 2. The van der Waals surface area contributed by atoms with Gasteiger partial charge in [-0.25, -0.2) is 9.37 Å². The maximum absolute atomic E-state index is 13.6. The number of benzene rings is 1. The zero-order valence-electron chi connectivity index (χ0n) is 21.1. The number of amides is 1. The smallest absolute Gasteiger partial charge is 0.295 e. The van der Waals surface area contributed by atoms with Crippen molar-refractivity contribution in [3.63, 3.8) is 0 Å². The average molecular weight is 530 g/mol. The van der Waals surface area contributed by atoms with Gasteiger partial charge in [0.15, 0.2) is 17.0 Å². The molecule has 0 fully saturated rings. The quantitative estimate of drug-likeness (QED) is 0.315. The van der Waals surface area contributed by atoms with Crippen molar-refractivity contribution in [1.82, 2.24) is 25.0 Å². The SMILES string of the molecule is CN[C@@H](C)C(=O)Nc1ncc(N2C=c3cnoc3=CC2)n(Cc2cncc(C(=O)c3ccc(F)cc3)c2)c1=O. The second-order valence-electron chi connectivity index (χ2n) is 8.90. The summed E-state index contributed by atoms with van der Waals surface area (Å²) in [6.07, 6.45) is 9.62.